The smallest absolute Gasteiger partial charge is 0.407 e. The zero-order valence-electron chi connectivity index (χ0n) is 33.9. The molecule has 4 atom stereocenters. The van der Waals surface area contributed by atoms with Gasteiger partial charge in [0.15, 0.2) is 0 Å². The van der Waals surface area contributed by atoms with Crippen molar-refractivity contribution < 1.29 is 33.8 Å². The molecule has 310 valence electrons. The number of aromatic nitrogens is 5. The summed E-state index contributed by atoms with van der Waals surface area (Å²) in [6, 6.07) is 12.6. The lowest BCUT2D eigenvalue weighted by Crippen LogP contribution is -2.51. The lowest BCUT2D eigenvalue weighted by molar-refractivity contribution is -0.136. The van der Waals surface area contributed by atoms with Gasteiger partial charge in [0.05, 0.1) is 55.2 Å². The monoisotopic (exact) mass is 805 g/mol. The van der Waals surface area contributed by atoms with Crippen molar-refractivity contribution in [3.63, 3.8) is 0 Å². The maximum absolute atomic E-state index is 13.7. The van der Waals surface area contributed by atoms with Crippen molar-refractivity contribution in [2.24, 2.45) is 11.8 Å². The van der Waals surface area contributed by atoms with Gasteiger partial charge in [0.1, 0.15) is 36.1 Å². The summed E-state index contributed by atoms with van der Waals surface area (Å²) >= 11 is 0. The molecule has 0 radical (unpaired) electrons. The predicted octanol–water partition coefficient (Wildman–Crippen LogP) is 6.48. The minimum absolute atomic E-state index is 0.117. The van der Waals surface area contributed by atoms with Gasteiger partial charge >= 0.3 is 12.2 Å². The van der Waals surface area contributed by atoms with E-state index < -0.39 is 24.3 Å². The van der Waals surface area contributed by atoms with E-state index in [2.05, 4.69) is 60.5 Å². The molecule has 3 aliphatic heterocycles. The number of imidazole rings is 2. The number of methoxy groups -OCH3 is 1. The number of ether oxygens (including phenoxy) is 2. The minimum atomic E-state index is -1.22. The Labute approximate surface area is 341 Å². The van der Waals surface area contributed by atoms with Crippen LogP contribution in [0.5, 0.6) is 5.75 Å². The Morgan fingerprint density at radius 3 is 1.95 bits per heavy atom. The van der Waals surface area contributed by atoms with E-state index >= 15 is 0 Å². The lowest BCUT2D eigenvalue weighted by Gasteiger charge is -2.30. The van der Waals surface area contributed by atoms with Crippen LogP contribution in [-0.2, 0) is 20.9 Å². The van der Waals surface area contributed by atoms with Gasteiger partial charge < -0.3 is 49.5 Å². The number of aromatic amines is 2. The summed E-state index contributed by atoms with van der Waals surface area (Å²) in [5.41, 5.74) is 6.62. The summed E-state index contributed by atoms with van der Waals surface area (Å²) in [5.74, 6) is 1.43. The Hall–Kier alpha value is -6.32. The van der Waals surface area contributed by atoms with Crippen LogP contribution in [0.25, 0.3) is 44.7 Å². The van der Waals surface area contributed by atoms with Crippen molar-refractivity contribution in [1.82, 2.24) is 44.9 Å². The number of benzene rings is 2. The van der Waals surface area contributed by atoms with E-state index in [1.165, 1.54) is 7.11 Å². The fourth-order valence-electron chi connectivity index (χ4n) is 8.81. The van der Waals surface area contributed by atoms with Crippen LogP contribution >= 0.6 is 0 Å². The van der Waals surface area contributed by atoms with E-state index in [-0.39, 0.29) is 35.7 Å². The van der Waals surface area contributed by atoms with Gasteiger partial charge in [0.25, 0.3) is 0 Å². The van der Waals surface area contributed by atoms with Crippen molar-refractivity contribution in [3.8, 4) is 39.5 Å². The SMILES string of the molecule is COC(=O)NC(C(=O)N1CCC[C@H]1c1ncc(-c2ccc3c(c2)cc2n3CCOc3cc(-c4cnc([C@@H]5CCCN5C(=O)C(NC(=O)O)C(C)C)[nH]4)ccc3-2)[nH]1)C(C)C. The summed E-state index contributed by atoms with van der Waals surface area (Å²) in [5, 5.41) is 15.5. The van der Waals surface area contributed by atoms with Gasteiger partial charge in [0.2, 0.25) is 11.8 Å². The van der Waals surface area contributed by atoms with Gasteiger partial charge in [-0.1, -0.05) is 39.8 Å². The van der Waals surface area contributed by atoms with E-state index in [1.807, 2.05) is 50.9 Å². The summed E-state index contributed by atoms with van der Waals surface area (Å²) in [6.45, 7) is 9.73. The van der Waals surface area contributed by atoms with Crippen LogP contribution in [0.1, 0.15) is 77.1 Å². The van der Waals surface area contributed by atoms with Crippen LogP contribution in [0, 0.1) is 11.8 Å². The van der Waals surface area contributed by atoms with Crippen LogP contribution in [-0.4, -0.2) is 102 Å². The molecule has 2 fully saturated rings. The molecule has 16 nitrogen and oxygen atoms in total. The van der Waals surface area contributed by atoms with Gasteiger partial charge in [-0.2, -0.15) is 0 Å². The van der Waals surface area contributed by atoms with Crippen molar-refractivity contribution in [2.45, 2.75) is 84.1 Å². The number of H-pyrrole nitrogens is 2. The molecule has 5 N–H and O–H groups in total. The molecule has 4 amide bonds. The zero-order valence-corrected chi connectivity index (χ0v) is 33.9. The zero-order chi connectivity index (χ0) is 41.5. The number of amides is 4. The van der Waals surface area contributed by atoms with Crippen LogP contribution in [0.2, 0.25) is 0 Å². The highest BCUT2D eigenvalue weighted by molar-refractivity contribution is 5.92. The first kappa shape index (κ1) is 39.5. The fourth-order valence-corrected chi connectivity index (χ4v) is 8.81. The number of carboxylic acid groups (broad SMARTS) is 1. The first-order chi connectivity index (χ1) is 28.4. The third-order valence-corrected chi connectivity index (χ3v) is 11.9. The Kier molecular flexibility index (Phi) is 10.8. The second-order valence-electron chi connectivity index (χ2n) is 16.3. The molecule has 0 spiro atoms. The first-order valence-electron chi connectivity index (χ1n) is 20.4. The highest BCUT2D eigenvalue weighted by atomic mass is 16.5. The summed E-state index contributed by atoms with van der Waals surface area (Å²) < 4.78 is 13.4. The molecule has 59 heavy (non-hydrogen) atoms. The number of rotatable bonds is 10. The number of nitrogens with one attached hydrogen (secondary N) is 4. The highest BCUT2D eigenvalue weighted by Gasteiger charge is 2.39. The standard InChI is InChI=1S/C43H51N9O7/c1-23(2)36(48-42(55)56)40(53)51-14-6-8-32(51)39-45-22-30(47-39)26-10-12-28-34-19-27-18-25(11-13-31(27)50(34)16-17-59-35(28)20-26)29-21-44-38(46-29)33-9-7-15-52(33)41(54)37(24(3)4)49-43(57)58-5/h10-13,18-24,32-33,36-37,48H,6-9,14-17H2,1-5H3,(H,44,46)(H,45,47)(H,49,57)(H,55,56)/t32-,33-,36?,37?/m0/s1. The van der Waals surface area contributed by atoms with Crippen molar-refractivity contribution in [3.05, 3.63) is 66.5 Å². The van der Waals surface area contributed by atoms with Gasteiger partial charge in [-0.3, -0.25) is 9.59 Å². The molecule has 2 unspecified atom stereocenters. The van der Waals surface area contributed by atoms with E-state index in [0.29, 0.717) is 37.9 Å². The third kappa shape index (κ3) is 7.58. The molecule has 2 saturated heterocycles. The van der Waals surface area contributed by atoms with E-state index in [9.17, 15) is 24.3 Å². The molecule has 3 aromatic heterocycles. The number of carbonyl (C=O) groups excluding carboxylic acids is 3. The normalized spacial score (nSPS) is 18.6. The van der Waals surface area contributed by atoms with E-state index in [1.54, 1.807) is 11.1 Å². The molecule has 16 heteroatoms. The molecule has 0 saturated carbocycles. The Morgan fingerprint density at radius 2 is 1.37 bits per heavy atom. The second kappa shape index (κ2) is 16.1. The van der Waals surface area contributed by atoms with Crippen LogP contribution in [0.15, 0.2) is 54.9 Å². The average Bonchev–Trinajstić information content (AvgIpc) is 4.07. The molecular formula is C43H51N9O7. The molecule has 0 aliphatic carbocycles. The Morgan fingerprint density at radius 1 is 0.797 bits per heavy atom. The molecular weight excluding hydrogens is 755 g/mol. The van der Waals surface area contributed by atoms with Crippen molar-refractivity contribution >= 4 is 34.9 Å². The van der Waals surface area contributed by atoms with Crippen LogP contribution in [0.3, 0.4) is 0 Å². The first-order valence-corrected chi connectivity index (χ1v) is 20.4. The molecule has 3 aliphatic rings. The molecule has 5 aromatic rings. The minimum Gasteiger partial charge on any atom is -0.491 e. The number of carbonyl (C=O) groups is 4. The number of hydrogen-bond acceptors (Lipinski definition) is 8. The van der Waals surface area contributed by atoms with E-state index in [4.69, 9.17) is 14.5 Å². The fraction of sp³-hybridized carbons (Fsp3) is 0.442. The lowest BCUT2D eigenvalue weighted by atomic mass is 10.0. The summed E-state index contributed by atoms with van der Waals surface area (Å²) in [4.78, 5) is 70.5. The van der Waals surface area contributed by atoms with Gasteiger partial charge in [-0.05, 0) is 67.9 Å². The van der Waals surface area contributed by atoms with Gasteiger partial charge in [0, 0.05) is 40.7 Å². The number of hydrogen-bond donors (Lipinski definition) is 5. The van der Waals surface area contributed by atoms with Crippen LogP contribution < -0.4 is 15.4 Å². The second-order valence-corrected chi connectivity index (χ2v) is 16.3. The largest absolute Gasteiger partial charge is 0.491 e. The molecule has 6 heterocycles. The highest BCUT2D eigenvalue weighted by Crippen LogP contribution is 2.41. The third-order valence-electron chi connectivity index (χ3n) is 11.9. The van der Waals surface area contributed by atoms with Crippen LogP contribution in [0.4, 0.5) is 9.59 Å². The topological polar surface area (TPSA) is 200 Å². The van der Waals surface area contributed by atoms with Crippen molar-refractivity contribution in [1.29, 1.82) is 0 Å². The quantitative estimate of drug-likeness (QED) is 0.105. The Bertz CT molecular complexity index is 2400. The number of likely N-dealkylation sites (tertiary alicyclic amines) is 2. The number of nitrogens with zero attached hydrogens (tertiary/aromatic N) is 5. The molecule has 0 bridgehead atoms. The van der Waals surface area contributed by atoms with Gasteiger partial charge in [-0.25, -0.2) is 19.6 Å². The maximum atomic E-state index is 13.7. The number of alkyl carbamates (subject to hydrolysis) is 1. The Balaban J connectivity index is 1.01. The summed E-state index contributed by atoms with van der Waals surface area (Å²) in [7, 11) is 1.29. The number of fused-ring (bicyclic) bond motifs is 5. The average molecular weight is 806 g/mol. The van der Waals surface area contributed by atoms with E-state index in [0.717, 1.165) is 76.1 Å². The molecule has 2 aromatic carbocycles. The predicted molar refractivity (Wildman–Crippen MR) is 219 cm³/mol. The maximum Gasteiger partial charge on any atom is 0.407 e. The summed E-state index contributed by atoms with van der Waals surface area (Å²) in [6.07, 6.45) is 4.88. The van der Waals surface area contributed by atoms with Gasteiger partial charge in [-0.15, -0.1) is 0 Å². The molecule has 8 rings (SSSR count). The van der Waals surface area contributed by atoms with Crippen molar-refractivity contribution in [2.75, 3.05) is 26.8 Å².